The molecule has 1 heterocycles. The van der Waals surface area contributed by atoms with Gasteiger partial charge in [0.1, 0.15) is 5.82 Å². The van der Waals surface area contributed by atoms with Crippen LogP contribution in [0.3, 0.4) is 0 Å². The molecule has 2 N–H and O–H groups in total. The van der Waals surface area contributed by atoms with Crippen molar-refractivity contribution in [2.24, 2.45) is 0 Å². The van der Waals surface area contributed by atoms with E-state index in [0.29, 0.717) is 11.7 Å². The molecule has 0 saturated carbocycles. The van der Waals surface area contributed by atoms with E-state index in [9.17, 15) is 0 Å². The smallest absolute Gasteiger partial charge is 0.238 e. The Morgan fingerprint density at radius 2 is 1.93 bits per heavy atom. The fraction of sp³-hybridized carbons (Fsp3) is 0.182. The number of rotatable bonds is 2. The molecule has 4 heteroatoms. The van der Waals surface area contributed by atoms with Gasteiger partial charge in [-0.1, -0.05) is 18.2 Å². The lowest BCUT2D eigenvalue weighted by Gasteiger charge is -2.02. The highest BCUT2D eigenvalue weighted by Crippen LogP contribution is 2.24. The molecule has 0 atom stereocenters. The topological polar surface area (TPSA) is 53.1 Å². The van der Waals surface area contributed by atoms with Gasteiger partial charge in [0.05, 0.1) is 18.4 Å². The number of nitrogens with zero attached hydrogens (tertiary/aromatic N) is 2. The molecule has 0 bridgehead atoms. The van der Waals surface area contributed by atoms with Crippen LogP contribution in [0.1, 0.15) is 5.56 Å². The quantitative estimate of drug-likeness (QED) is 0.809. The van der Waals surface area contributed by atoms with Crippen LogP contribution < -0.4 is 10.5 Å². The van der Waals surface area contributed by atoms with Gasteiger partial charge in [0.25, 0.3) is 0 Å². The minimum absolute atomic E-state index is 0.566. The van der Waals surface area contributed by atoms with Gasteiger partial charge in [-0.05, 0) is 19.1 Å². The normalized spacial score (nSPS) is 10.3. The Labute approximate surface area is 88.3 Å². The summed E-state index contributed by atoms with van der Waals surface area (Å²) in [5, 5.41) is 4.27. The maximum absolute atomic E-state index is 5.93. The Hall–Kier alpha value is -1.97. The molecule has 2 aromatic rings. The highest BCUT2D eigenvalue weighted by Gasteiger charge is 2.12. The monoisotopic (exact) mass is 203 g/mol. The Morgan fingerprint density at radius 1 is 1.27 bits per heavy atom. The molecule has 0 radical (unpaired) electrons. The van der Waals surface area contributed by atoms with Crippen molar-refractivity contribution >= 4 is 5.82 Å². The van der Waals surface area contributed by atoms with Crippen molar-refractivity contribution in [2.45, 2.75) is 6.92 Å². The van der Waals surface area contributed by atoms with Crippen molar-refractivity contribution in [3.05, 3.63) is 35.9 Å². The van der Waals surface area contributed by atoms with Gasteiger partial charge in [-0.25, -0.2) is 4.68 Å². The standard InChI is InChI=1S/C11H13N3O/c1-8-10(12)14(13-11(8)15-2)9-6-4-3-5-7-9/h3-7H,12H2,1-2H3. The molecule has 0 spiro atoms. The second kappa shape index (κ2) is 3.65. The Morgan fingerprint density at radius 3 is 2.47 bits per heavy atom. The number of benzene rings is 1. The zero-order valence-electron chi connectivity index (χ0n) is 8.77. The van der Waals surface area contributed by atoms with Crippen LogP contribution in [0, 0.1) is 6.92 Å². The van der Waals surface area contributed by atoms with Gasteiger partial charge in [0.2, 0.25) is 5.88 Å². The predicted molar refractivity (Wildman–Crippen MR) is 59.3 cm³/mol. The highest BCUT2D eigenvalue weighted by atomic mass is 16.5. The number of para-hydroxylation sites is 1. The molecule has 0 amide bonds. The molecule has 0 aliphatic carbocycles. The summed E-state index contributed by atoms with van der Waals surface area (Å²) in [6.07, 6.45) is 0. The van der Waals surface area contributed by atoms with Crippen LogP contribution in [0.15, 0.2) is 30.3 Å². The van der Waals surface area contributed by atoms with E-state index in [1.54, 1.807) is 11.8 Å². The third-order valence-electron chi connectivity index (χ3n) is 2.32. The zero-order valence-corrected chi connectivity index (χ0v) is 8.77. The van der Waals surface area contributed by atoms with E-state index in [4.69, 9.17) is 10.5 Å². The van der Waals surface area contributed by atoms with Crippen molar-refractivity contribution in [3.63, 3.8) is 0 Å². The van der Waals surface area contributed by atoms with Crippen LogP contribution in [0.4, 0.5) is 5.82 Å². The summed E-state index contributed by atoms with van der Waals surface area (Å²) in [7, 11) is 1.59. The van der Waals surface area contributed by atoms with Gasteiger partial charge in [-0.3, -0.25) is 0 Å². The zero-order chi connectivity index (χ0) is 10.8. The third kappa shape index (κ3) is 1.54. The van der Waals surface area contributed by atoms with Crippen LogP contribution in [0.5, 0.6) is 5.88 Å². The Bertz CT molecular complexity index is 462. The first-order valence-electron chi connectivity index (χ1n) is 4.68. The van der Waals surface area contributed by atoms with E-state index in [-0.39, 0.29) is 0 Å². The molecule has 2 rings (SSSR count). The van der Waals surface area contributed by atoms with Crippen molar-refractivity contribution in [1.82, 2.24) is 9.78 Å². The molecule has 1 aromatic carbocycles. The minimum Gasteiger partial charge on any atom is -0.480 e. The van der Waals surface area contributed by atoms with Gasteiger partial charge in [0, 0.05) is 0 Å². The summed E-state index contributed by atoms with van der Waals surface area (Å²) >= 11 is 0. The molecule has 1 aromatic heterocycles. The summed E-state index contributed by atoms with van der Waals surface area (Å²) in [5.41, 5.74) is 7.73. The lowest BCUT2D eigenvalue weighted by molar-refractivity contribution is 0.391. The van der Waals surface area contributed by atoms with E-state index < -0.39 is 0 Å². The van der Waals surface area contributed by atoms with Gasteiger partial charge >= 0.3 is 0 Å². The van der Waals surface area contributed by atoms with E-state index in [0.717, 1.165) is 11.3 Å². The lowest BCUT2D eigenvalue weighted by atomic mass is 10.3. The summed E-state index contributed by atoms with van der Waals surface area (Å²) in [6, 6.07) is 9.73. The van der Waals surface area contributed by atoms with Gasteiger partial charge < -0.3 is 10.5 Å². The fourth-order valence-electron chi connectivity index (χ4n) is 1.45. The van der Waals surface area contributed by atoms with Gasteiger partial charge in [0.15, 0.2) is 0 Å². The number of nitrogens with two attached hydrogens (primary N) is 1. The first kappa shape index (κ1) is 9.58. The van der Waals surface area contributed by atoms with Crippen molar-refractivity contribution in [2.75, 3.05) is 12.8 Å². The van der Waals surface area contributed by atoms with Crippen LogP contribution >= 0.6 is 0 Å². The minimum atomic E-state index is 0.566. The van der Waals surface area contributed by atoms with Crippen LogP contribution in [-0.2, 0) is 0 Å². The number of anilines is 1. The molecule has 78 valence electrons. The average Bonchev–Trinajstić information content (AvgIpc) is 2.57. The summed E-state index contributed by atoms with van der Waals surface area (Å²) in [5.74, 6) is 1.18. The van der Waals surface area contributed by atoms with Crippen LogP contribution in [-0.4, -0.2) is 16.9 Å². The average molecular weight is 203 g/mol. The number of hydrogen-bond acceptors (Lipinski definition) is 3. The summed E-state index contributed by atoms with van der Waals surface area (Å²) < 4.78 is 6.79. The van der Waals surface area contributed by atoms with Crippen molar-refractivity contribution < 1.29 is 4.74 Å². The van der Waals surface area contributed by atoms with Gasteiger partial charge in [-0.2, -0.15) is 0 Å². The number of ether oxygens (including phenoxy) is 1. The highest BCUT2D eigenvalue weighted by molar-refractivity contribution is 5.51. The number of hydrogen-bond donors (Lipinski definition) is 1. The van der Waals surface area contributed by atoms with Crippen LogP contribution in [0.2, 0.25) is 0 Å². The third-order valence-corrected chi connectivity index (χ3v) is 2.32. The molecule has 0 aliphatic heterocycles. The SMILES string of the molecule is COc1nn(-c2ccccc2)c(N)c1C. The van der Waals surface area contributed by atoms with Crippen molar-refractivity contribution in [3.8, 4) is 11.6 Å². The fourth-order valence-corrected chi connectivity index (χ4v) is 1.45. The largest absolute Gasteiger partial charge is 0.480 e. The van der Waals surface area contributed by atoms with E-state index in [1.165, 1.54) is 0 Å². The van der Waals surface area contributed by atoms with Gasteiger partial charge in [-0.15, -0.1) is 5.10 Å². The first-order chi connectivity index (χ1) is 7.24. The van der Waals surface area contributed by atoms with E-state index >= 15 is 0 Å². The number of aromatic nitrogens is 2. The van der Waals surface area contributed by atoms with E-state index in [1.807, 2.05) is 37.3 Å². The lowest BCUT2D eigenvalue weighted by Crippen LogP contribution is -2.01. The summed E-state index contributed by atoms with van der Waals surface area (Å²) in [6.45, 7) is 1.89. The number of nitrogen functional groups attached to an aromatic ring is 1. The maximum atomic E-state index is 5.93. The Balaban J connectivity index is 2.55. The molecule has 0 unspecified atom stereocenters. The number of methoxy groups -OCH3 is 1. The maximum Gasteiger partial charge on any atom is 0.238 e. The van der Waals surface area contributed by atoms with Crippen molar-refractivity contribution in [1.29, 1.82) is 0 Å². The molecular formula is C11H13N3O. The molecular weight excluding hydrogens is 190 g/mol. The molecule has 15 heavy (non-hydrogen) atoms. The molecule has 0 saturated heterocycles. The predicted octanol–water partition coefficient (Wildman–Crippen LogP) is 1.77. The molecule has 4 nitrogen and oxygen atoms in total. The van der Waals surface area contributed by atoms with Crippen LogP contribution in [0.25, 0.3) is 5.69 Å². The summed E-state index contributed by atoms with van der Waals surface area (Å²) in [4.78, 5) is 0. The van der Waals surface area contributed by atoms with E-state index in [2.05, 4.69) is 5.10 Å². The molecule has 0 aliphatic rings. The first-order valence-corrected chi connectivity index (χ1v) is 4.68. The second-order valence-electron chi connectivity index (χ2n) is 3.27. The Kier molecular flexibility index (Phi) is 2.33. The second-order valence-corrected chi connectivity index (χ2v) is 3.27. The molecule has 0 fully saturated rings.